The average molecular weight is 450 g/mol. The Morgan fingerprint density at radius 2 is 1.09 bits per heavy atom. The maximum Gasteiger partial charge on any atom is 0.339 e. The molecule has 10 nitrogen and oxygen atoms in total. The van der Waals surface area contributed by atoms with E-state index in [1.807, 2.05) is 0 Å². The molecule has 0 fully saturated rings. The van der Waals surface area contributed by atoms with Crippen molar-refractivity contribution in [2.75, 3.05) is 13.2 Å². The van der Waals surface area contributed by atoms with E-state index in [2.05, 4.69) is 13.2 Å². The number of aliphatic hydroxyl groups excluding tert-OH is 4. The van der Waals surface area contributed by atoms with Gasteiger partial charge in [0.25, 0.3) is 0 Å². The number of rotatable bonds is 14. The fourth-order valence-electron chi connectivity index (χ4n) is 2.43. The summed E-state index contributed by atoms with van der Waals surface area (Å²) < 4.78 is 9.85. The number of benzene rings is 1. The molecule has 0 heterocycles. The van der Waals surface area contributed by atoms with E-state index in [0.717, 1.165) is 12.2 Å². The number of ketones is 2. The van der Waals surface area contributed by atoms with Gasteiger partial charge in [-0.1, -0.05) is 24.3 Å². The molecule has 0 aliphatic rings. The van der Waals surface area contributed by atoms with Gasteiger partial charge in [0.05, 0.1) is 23.3 Å². The Labute approximate surface area is 184 Å². The number of hydrogen-bond acceptors (Lipinski definition) is 10. The van der Waals surface area contributed by atoms with Gasteiger partial charge in [0.15, 0.2) is 11.6 Å². The molecule has 4 unspecified atom stereocenters. The smallest absolute Gasteiger partial charge is 0.339 e. The molecule has 0 aliphatic heterocycles. The van der Waals surface area contributed by atoms with E-state index in [9.17, 15) is 39.6 Å². The van der Waals surface area contributed by atoms with Crippen LogP contribution in [0.15, 0.2) is 49.6 Å². The molecule has 4 atom stereocenters. The Balaban J connectivity index is 2.68. The second kappa shape index (κ2) is 13.3. The van der Waals surface area contributed by atoms with Crippen LogP contribution in [0.25, 0.3) is 0 Å². The molecule has 4 N–H and O–H groups in total. The van der Waals surface area contributed by atoms with Crippen molar-refractivity contribution in [2.24, 2.45) is 0 Å². The molecule has 0 saturated heterocycles. The highest BCUT2D eigenvalue weighted by Crippen LogP contribution is 2.13. The van der Waals surface area contributed by atoms with Gasteiger partial charge in [-0.15, -0.1) is 13.2 Å². The Morgan fingerprint density at radius 1 is 0.750 bits per heavy atom. The van der Waals surface area contributed by atoms with Crippen molar-refractivity contribution in [3.05, 3.63) is 60.7 Å². The summed E-state index contributed by atoms with van der Waals surface area (Å²) in [5.74, 6) is -3.35. The summed E-state index contributed by atoms with van der Waals surface area (Å²) in [6.45, 7) is 5.37. The topological polar surface area (TPSA) is 168 Å². The molecule has 0 radical (unpaired) electrons. The maximum atomic E-state index is 12.3. The zero-order valence-electron chi connectivity index (χ0n) is 17.3. The van der Waals surface area contributed by atoms with Crippen LogP contribution >= 0.6 is 0 Å². The van der Waals surface area contributed by atoms with Crippen molar-refractivity contribution in [1.82, 2.24) is 0 Å². The van der Waals surface area contributed by atoms with Crippen molar-refractivity contribution in [2.45, 2.75) is 37.3 Å². The number of carbonyl (C=O) groups is 4. The molecule has 1 aromatic rings. The zero-order chi connectivity index (χ0) is 24.3. The second-order valence-electron chi connectivity index (χ2n) is 6.75. The maximum absolute atomic E-state index is 12.3. The summed E-state index contributed by atoms with van der Waals surface area (Å²) >= 11 is 0. The lowest BCUT2D eigenvalue weighted by Gasteiger charge is -2.14. The molecule has 0 aliphatic carbocycles. The van der Waals surface area contributed by atoms with Gasteiger partial charge in [0.1, 0.15) is 25.4 Å². The molecule has 0 aromatic heterocycles. The van der Waals surface area contributed by atoms with Crippen molar-refractivity contribution in [3.63, 3.8) is 0 Å². The summed E-state index contributed by atoms with van der Waals surface area (Å²) in [4.78, 5) is 47.7. The van der Waals surface area contributed by atoms with E-state index in [1.54, 1.807) is 0 Å². The summed E-state index contributed by atoms with van der Waals surface area (Å²) in [7, 11) is 0. The van der Waals surface area contributed by atoms with Crippen molar-refractivity contribution in [1.29, 1.82) is 0 Å². The number of hydrogen-bond donors (Lipinski definition) is 4. The Morgan fingerprint density at radius 3 is 1.41 bits per heavy atom. The molecule has 0 amide bonds. The van der Waals surface area contributed by atoms with E-state index in [-0.39, 0.29) is 11.1 Å². The Bertz CT molecular complexity index is 778. The lowest BCUT2D eigenvalue weighted by molar-refractivity contribution is -0.128. The molecule has 0 spiro atoms. The van der Waals surface area contributed by atoms with Gasteiger partial charge in [-0.05, 0) is 12.1 Å². The van der Waals surface area contributed by atoms with Gasteiger partial charge in [-0.2, -0.15) is 0 Å². The second-order valence-corrected chi connectivity index (χ2v) is 6.75. The first-order valence-electron chi connectivity index (χ1n) is 9.56. The molecule has 0 bridgehead atoms. The minimum absolute atomic E-state index is 0.185. The highest BCUT2D eigenvalue weighted by molar-refractivity contribution is 6.03. The number of aliphatic hydroxyl groups is 4. The molecule has 10 heteroatoms. The van der Waals surface area contributed by atoms with Crippen LogP contribution < -0.4 is 0 Å². The minimum atomic E-state index is -1.44. The minimum Gasteiger partial charge on any atom is -0.459 e. The van der Waals surface area contributed by atoms with Crippen molar-refractivity contribution < 1.29 is 49.1 Å². The van der Waals surface area contributed by atoms with Gasteiger partial charge >= 0.3 is 11.9 Å². The largest absolute Gasteiger partial charge is 0.459 e. The van der Waals surface area contributed by atoms with Crippen molar-refractivity contribution in [3.8, 4) is 0 Å². The normalized spacial score (nSPS) is 14.4. The van der Waals surface area contributed by atoms with Crippen molar-refractivity contribution >= 4 is 23.5 Å². The number of Topliss-reactive ketones (excluding diaryl/α,β-unsaturated/α-hetero) is 2. The lowest BCUT2D eigenvalue weighted by atomic mass is 10.1. The summed E-state index contributed by atoms with van der Waals surface area (Å²) in [5, 5.41) is 38.2. The molecule has 0 saturated carbocycles. The van der Waals surface area contributed by atoms with E-state index >= 15 is 0 Å². The monoisotopic (exact) mass is 450 g/mol. The van der Waals surface area contributed by atoms with Gasteiger partial charge in [0, 0.05) is 12.8 Å². The third-order valence-corrected chi connectivity index (χ3v) is 4.16. The SMILES string of the molecule is C=CC(O)C(=O)CC(O)COC(=O)c1ccccc1C(=O)OCC(O)CC(=O)C(O)C=C. The molecule has 1 aromatic carbocycles. The van der Waals surface area contributed by atoms with E-state index in [4.69, 9.17) is 9.47 Å². The zero-order valence-corrected chi connectivity index (χ0v) is 17.3. The summed E-state index contributed by atoms with van der Waals surface area (Å²) in [6.07, 6.45) is -4.59. The Kier molecular flexibility index (Phi) is 11.1. The lowest BCUT2D eigenvalue weighted by Crippen LogP contribution is -2.28. The van der Waals surface area contributed by atoms with Crippen LogP contribution in [0.4, 0.5) is 0 Å². The summed E-state index contributed by atoms with van der Waals surface area (Å²) in [6, 6.07) is 5.46. The first-order valence-corrected chi connectivity index (χ1v) is 9.56. The molecule has 174 valence electrons. The van der Waals surface area contributed by atoms with Crippen LogP contribution in [0, 0.1) is 0 Å². The Hall–Kier alpha value is -3.18. The highest BCUT2D eigenvalue weighted by atomic mass is 16.5. The molecular formula is C22H26O10. The third kappa shape index (κ3) is 8.52. The molecule has 32 heavy (non-hydrogen) atoms. The third-order valence-electron chi connectivity index (χ3n) is 4.16. The first kappa shape index (κ1) is 26.9. The average Bonchev–Trinajstić information content (AvgIpc) is 2.79. The fourth-order valence-corrected chi connectivity index (χ4v) is 2.43. The predicted molar refractivity (Wildman–Crippen MR) is 111 cm³/mol. The first-order chi connectivity index (χ1) is 15.1. The van der Waals surface area contributed by atoms with Gasteiger partial charge in [0.2, 0.25) is 0 Å². The van der Waals surface area contributed by atoms with Gasteiger partial charge < -0.3 is 29.9 Å². The summed E-state index contributed by atoms with van der Waals surface area (Å²) in [5.41, 5.74) is -0.371. The van der Waals surface area contributed by atoms with Gasteiger partial charge in [-0.25, -0.2) is 9.59 Å². The van der Waals surface area contributed by atoms with Crippen LogP contribution in [-0.2, 0) is 19.1 Å². The van der Waals surface area contributed by atoms with Crippen LogP contribution in [0.5, 0.6) is 0 Å². The van der Waals surface area contributed by atoms with E-state index < -0.39 is 74.0 Å². The van der Waals surface area contributed by atoms with Crippen LogP contribution in [0.1, 0.15) is 33.6 Å². The van der Waals surface area contributed by atoms with Crippen LogP contribution in [-0.4, -0.2) is 81.6 Å². The van der Waals surface area contributed by atoms with Gasteiger partial charge in [-0.3, -0.25) is 9.59 Å². The molecular weight excluding hydrogens is 424 g/mol. The predicted octanol–water partition coefficient (Wildman–Crippen LogP) is -0.266. The molecule has 1 rings (SSSR count). The number of carbonyl (C=O) groups excluding carboxylic acids is 4. The standard InChI is InChI=1S/C22H26O10/c1-3-17(25)19(27)9-13(23)11-31-21(29)15-7-5-6-8-16(15)22(30)32-12-14(24)10-20(28)18(26)4-2/h3-8,13-14,17-18,23-26H,1-2,9-12H2. The fraction of sp³-hybridized carbons (Fsp3) is 0.364. The quantitative estimate of drug-likeness (QED) is 0.219. The number of ether oxygens (including phenoxy) is 2. The number of esters is 2. The van der Waals surface area contributed by atoms with E-state index in [1.165, 1.54) is 24.3 Å². The van der Waals surface area contributed by atoms with E-state index in [0.29, 0.717) is 0 Å². The highest BCUT2D eigenvalue weighted by Gasteiger charge is 2.23. The van der Waals surface area contributed by atoms with Crippen LogP contribution in [0.3, 0.4) is 0 Å². The van der Waals surface area contributed by atoms with Crippen LogP contribution in [0.2, 0.25) is 0 Å².